The first-order chi connectivity index (χ1) is 5.79. The Morgan fingerprint density at radius 2 is 1.92 bits per heavy atom. The van der Waals surface area contributed by atoms with Gasteiger partial charge in [-0.25, -0.2) is 0 Å². The molecule has 2 aromatic heterocycles. The van der Waals surface area contributed by atoms with Crippen LogP contribution in [0.25, 0.3) is 5.52 Å². The third-order valence-corrected chi connectivity index (χ3v) is 1.83. The zero-order chi connectivity index (χ0) is 8.55. The summed E-state index contributed by atoms with van der Waals surface area (Å²) in [6, 6.07) is 7.26. The number of hydrogen-bond donors (Lipinski definition) is 1. The number of aromatic nitrogens is 1. The molecule has 2 rings (SSSR count). The summed E-state index contributed by atoms with van der Waals surface area (Å²) in [7, 11) is 0. The van der Waals surface area contributed by atoms with Crippen molar-refractivity contribution in [3.63, 3.8) is 0 Å². The second kappa shape index (κ2) is 2.37. The molecule has 0 unspecified atom stereocenters. The van der Waals surface area contributed by atoms with Crippen molar-refractivity contribution < 1.29 is 4.79 Å². The van der Waals surface area contributed by atoms with E-state index in [-0.39, 0.29) is 5.91 Å². The van der Waals surface area contributed by atoms with Crippen LogP contribution in [-0.4, -0.2) is 10.3 Å². The van der Waals surface area contributed by atoms with Gasteiger partial charge in [-0.3, -0.25) is 4.79 Å². The number of nitrogens with two attached hydrogens (primary N) is 1. The Labute approximate surface area is 69.4 Å². The number of fused-ring (bicyclic) bond motifs is 1. The molecule has 2 N–H and O–H groups in total. The minimum Gasteiger partial charge on any atom is -0.366 e. The fourth-order valence-corrected chi connectivity index (χ4v) is 1.28. The summed E-state index contributed by atoms with van der Waals surface area (Å²) >= 11 is 0. The summed E-state index contributed by atoms with van der Waals surface area (Å²) in [5, 5.41) is 0. The maximum Gasteiger partial charge on any atom is 0.250 e. The van der Waals surface area contributed by atoms with Gasteiger partial charge in [0.25, 0.3) is 5.91 Å². The van der Waals surface area contributed by atoms with Gasteiger partial charge in [-0.05, 0) is 24.3 Å². The molecule has 0 aliphatic carbocycles. The molecule has 60 valence electrons. The maximum absolute atomic E-state index is 10.9. The minimum absolute atomic E-state index is 0.390. The van der Waals surface area contributed by atoms with Crippen LogP contribution in [0.1, 0.15) is 10.4 Å². The molecular formula is C9H8N2O. The van der Waals surface area contributed by atoms with Gasteiger partial charge in [0, 0.05) is 12.4 Å². The number of primary amides is 1. The van der Waals surface area contributed by atoms with Gasteiger partial charge in [0.05, 0.1) is 11.1 Å². The average molecular weight is 160 g/mol. The number of rotatable bonds is 1. The normalized spacial score (nSPS) is 10.3. The van der Waals surface area contributed by atoms with Gasteiger partial charge >= 0.3 is 0 Å². The lowest BCUT2D eigenvalue weighted by molar-refractivity contribution is 0.100. The minimum atomic E-state index is -0.390. The van der Waals surface area contributed by atoms with Crippen LogP contribution in [0.5, 0.6) is 0 Å². The Kier molecular flexibility index (Phi) is 1.37. The smallest absolute Gasteiger partial charge is 0.250 e. The first kappa shape index (κ1) is 6.91. The van der Waals surface area contributed by atoms with Crippen molar-refractivity contribution in [1.82, 2.24) is 4.40 Å². The van der Waals surface area contributed by atoms with Crippen molar-refractivity contribution in [2.24, 2.45) is 5.73 Å². The lowest BCUT2D eigenvalue weighted by Crippen LogP contribution is -2.11. The van der Waals surface area contributed by atoms with Gasteiger partial charge in [0.15, 0.2) is 0 Å². The fraction of sp³-hybridized carbons (Fsp3) is 0. The molecule has 12 heavy (non-hydrogen) atoms. The molecule has 0 fully saturated rings. The van der Waals surface area contributed by atoms with E-state index in [4.69, 9.17) is 5.73 Å². The molecule has 0 atom stereocenters. The quantitative estimate of drug-likeness (QED) is 0.665. The number of amides is 1. The monoisotopic (exact) mass is 160 g/mol. The first-order valence-corrected chi connectivity index (χ1v) is 3.64. The van der Waals surface area contributed by atoms with E-state index in [2.05, 4.69) is 0 Å². The van der Waals surface area contributed by atoms with Crippen molar-refractivity contribution in [2.75, 3.05) is 0 Å². The summed E-state index contributed by atoms with van der Waals surface area (Å²) < 4.78 is 1.86. The summed E-state index contributed by atoms with van der Waals surface area (Å²) in [4.78, 5) is 10.9. The Morgan fingerprint density at radius 3 is 2.58 bits per heavy atom. The summed E-state index contributed by atoms with van der Waals surface area (Å²) in [5.74, 6) is -0.390. The van der Waals surface area contributed by atoms with E-state index in [0.717, 1.165) is 5.52 Å². The van der Waals surface area contributed by atoms with Crippen molar-refractivity contribution in [3.05, 3.63) is 42.2 Å². The van der Waals surface area contributed by atoms with E-state index in [9.17, 15) is 4.79 Å². The zero-order valence-electron chi connectivity index (χ0n) is 6.40. The molecule has 0 aliphatic heterocycles. The van der Waals surface area contributed by atoms with Crippen molar-refractivity contribution in [1.29, 1.82) is 0 Å². The Bertz CT molecular complexity index is 431. The molecule has 3 heteroatoms. The predicted molar refractivity (Wildman–Crippen MR) is 45.9 cm³/mol. The van der Waals surface area contributed by atoms with E-state index in [1.165, 1.54) is 0 Å². The van der Waals surface area contributed by atoms with Gasteiger partial charge in [0.2, 0.25) is 0 Å². The highest BCUT2D eigenvalue weighted by Gasteiger charge is 2.04. The van der Waals surface area contributed by atoms with Crippen molar-refractivity contribution >= 4 is 11.4 Å². The highest BCUT2D eigenvalue weighted by atomic mass is 16.1. The van der Waals surface area contributed by atoms with Crippen molar-refractivity contribution in [3.8, 4) is 0 Å². The standard InChI is InChI=1S/C9H8N2O/c10-9(12)7-3-1-5-11-6-2-4-8(7)11/h1-6H,(H2,10,12). The average Bonchev–Trinajstić information content (AvgIpc) is 2.49. The van der Waals surface area contributed by atoms with Crippen LogP contribution >= 0.6 is 0 Å². The van der Waals surface area contributed by atoms with Crippen LogP contribution in [0.4, 0.5) is 0 Å². The number of carbonyl (C=O) groups excluding carboxylic acids is 1. The van der Waals surface area contributed by atoms with Gasteiger partial charge in [0.1, 0.15) is 0 Å². The molecule has 0 spiro atoms. The molecule has 0 radical (unpaired) electrons. The van der Waals surface area contributed by atoms with Crippen LogP contribution in [0.3, 0.4) is 0 Å². The topological polar surface area (TPSA) is 47.5 Å². The largest absolute Gasteiger partial charge is 0.366 e. The zero-order valence-corrected chi connectivity index (χ0v) is 6.40. The lowest BCUT2D eigenvalue weighted by Gasteiger charge is -1.98. The molecule has 0 aliphatic rings. The SMILES string of the molecule is NC(=O)c1cccn2cccc12. The molecule has 0 saturated heterocycles. The van der Waals surface area contributed by atoms with Gasteiger partial charge in [-0.1, -0.05) is 0 Å². The van der Waals surface area contributed by atoms with Crippen LogP contribution < -0.4 is 5.73 Å². The fourth-order valence-electron chi connectivity index (χ4n) is 1.28. The lowest BCUT2D eigenvalue weighted by atomic mass is 10.2. The molecule has 2 aromatic rings. The van der Waals surface area contributed by atoms with Gasteiger partial charge < -0.3 is 10.1 Å². The first-order valence-electron chi connectivity index (χ1n) is 3.64. The van der Waals surface area contributed by atoms with Crippen LogP contribution in [-0.2, 0) is 0 Å². The summed E-state index contributed by atoms with van der Waals surface area (Å²) in [5.41, 5.74) is 6.60. The summed E-state index contributed by atoms with van der Waals surface area (Å²) in [6.07, 6.45) is 3.75. The molecule has 0 aromatic carbocycles. The highest BCUT2D eigenvalue weighted by molar-refractivity contribution is 5.99. The Morgan fingerprint density at radius 1 is 1.25 bits per heavy atom. The molecular weight excluding hydrogens is 152 g/mol. The van der Waals surface area contributed by atoms with E-state index < -0.39 is 0 Å². The van der Waals surface area contributed by atoms with E-state index in [1.54, 1.807) is 12.1 Å². The van der Waals surface area contributed by atoms with Crippen LogP contribution in [0, 0.1) is 0 Å². The van der Waals surface area contributed by atoms with Crippen LogP contribution in [0.15, 0.2) is 36.7 Å². The van der Waals surface area contributed by atoms with Crippen molar-refractivity contribution in [2.45, 2.75) is 0 Å². The molecule has 0 bridgehead atoms. The molecule has 3 nitrogen and oxygen atoms in total. The van der Waals surface area contributed by atoms with E-state index in [1.807, 2.05) is 28.9 Å². The van der Waals surface area contributed by atoms with E-state index >= 15 is 0 Å². The third-order valence-electron chi connectivity index (χ3n) is 1.83. The predicted octanol–water partition coefficient (Wildman–Crippen LogP) is 1.04. The second-order valence-corrected chi connectivity index (χ2v) is 2.59. The number of carbonyl (C=O) groups is 1. The maximum atomic E-state index is 10.9. The molecule has 2 heterocycles. The van der Waals surface area contributed by atoms with E-state index in [0.29, 0.717) is 5.56 Å². The number of hydrogen-bond acceptors (Lipinski definition) is 1. The molecule has 1 amide bonds. The number of pyridine rings is 1. The van der Waals surface area contributed by atoms with Gasteiger partial charge in [-0.2, -0.15) is 0 Å². The Balaban J connectivity index is 2.82. The highest BCUT2D eigenvalue weighted by Crippen LogP contribution is 2.10. The summed E-state index contributed by atoms with van der Waals surface area (Å²) in [6.45, 7) is 0. The Hall–Kier alpha value is -1.77. The molecule has 0 saturated carbocycles. The third kappa shape index (κ3) is 0.871. The van der Waals surface area contributed by atoms with Gasteiger partial charge in [-0.15, -0.1) is 0 Å². The number of nitrogens with zero attached hydrogens (tertiary/aromatic N) is 1. The second-order valence-electron chi connectivity index (χ2n) is 2.59. The van der Waals surface area contributed by atoms with Crippen LogP contribution in [0.2, 0.25) is 0 Å².